The van der Waals surface area contributed by atoms with Crippen LogP contribution in [-0.4, -0.2) is 21.5 Å². The lowest BCUT2D eigenvalue weighted by molar-refractivity contribution is -0.137. The van der Waals surface area contributed by atoms with Gasteiger partial charge >= 0.3 is 6.18 Å². The molecule has 2 rings (SSSR count). The first-order chi connectivity index (χ1) is 11.7. The van der Waals surface area contributed by atoms with Gasteiger partial charge in [0, 0.05) is 17.7 Å². The van der Waals surface area contributed by atoms with Gasteiger partial charge in [-0.05, 0) is 25.5 Å². The van der Waals surface area contributed by atoms with Crippen molar-refractivity contribution in [2.45, 2.75) is 39.0 Å². The van der Waals surface area contributed by atoms with Gasteiger partial charge in [-0.1, -0.05) is 19.1 Å². The predicted octanol–water partition coefficient (Wildman–Crippen LogP) is 2.84. The fourth-order valence-electron chi connectivity index (χ4n) is 2.11. The van der Waals surface area contributed by atoms with Crippen molar-refractivity contribution in [3.05, 3.63) is 52.6 Å². The van der Waals surface area contributed by atoms with E-state index in [0.29, 0.717) is 5.56 Å². The normalized spacial score (nSPS) is 12.7. The van der Waals surface area contributed by atoms with Gasteiger partial charge in [0.05, 0.1) is 17.6 Å². The van der Waals surface area contributed by atoms with Crippen molar-refractivity contribution >= 4 is 5.91 Å². The fourth-order valence-corrected chi connectivity index (χ4v) is 2.11. The molecule has 134 valence electrons. The summed E-state index contributed by atoms with van der Waals surface area (Å²) in [4.78, 5) is 28.0. The average Bonchev–Trinajstić information content (AvgIpc) is 2.56. The quantitative estimate of drug-likeness (QED) is 0.899. The number of amides is 1. The van der Waals surface area contributed by atoms with E-state index in [0.717, 1.165) is 23.1 Å². The van der Waals surface area contributed by atoms with Crippen LogP contribution in [0.3, 0.4) is 0 Å². The van der Waals surface area contributed by atoms with Gasteiger partial charge in [0.2, 0.25) is 5.91 Å². The van der Waals surface area contributed by atoms with Crippen molar-refractivity contribution in [2.75, 3.05) is 0 Å². The first-order valence-corrected chi connectivity index (χ1v) is 7.74. The highest BCUT2D eigenvalue weighted by atomic mass is 19.4. The number of carbonyl (C=O) groups is 1. The number of nitrogens with one attached hydrogen (secondary N) is 1. The van der Waals surface area contributed by atoms with Crippen LogP contribution in [0.5, 0.6) is 0 Å². The van der Waals surface area contributed by atoms with Crippen LogP contribution in [0.2, 0.25) is 0 Å². The van der Waals surface area contributed by atoms with Gasteiger partial charge in [-0.25, -0.2) is 4.98 Å². The van der Waals surface area contributed by atoms with Gasteiger partial charge in [0.1, 0.15) is 6.54 Å². The number of halogens is 3. The number of hydrogen-bond donors (Lipinski definition) is 1. The minimum atomic E-state index is -4.42. The van der Waals surface area contributed by atoms with Crippen molar-refractivity contribution < 1.29 is 18.0 Å². The number of alkyl halides is 3. The van der Waals surface area contributed by atoms with E-state index in [-0.39, 0.29) is 24.2 Å². The van der Waals surface area contributed by atoms with Gasteiger partial charge in [-0.2, -0.15) is 13.2 Å². The van der Waals surface area contributed by atoms with Crippen molar-refractivity contribution in [3.8, 4) is 11.3 Å². The minimum Gasteiger partial charge on any atom is -0.352 e. The Morgan fingerprint density at radius 1 is 1.28 bits per heavy atom. The molecular weight excluding hydrogens is 335 g/mol. The second-order valence-electron chi connectivity index (χ2n) is 5.69. The van der Waals surface area contributed by atoms with Crippen LogP contribution in [0.1, 0.15) is 25.8 Å². The maximum atomic E-state index is 12.6. The molecule has 0 saturated carbocycles. The van der Waals surface area contributed by atoms with Crippen LogP contribution >= 0.6 is 0 Å². The molecule has 0 fully saturated rings. The molecule has 0 bridgehead atoms. The molecule has 25 heavy (non-hydrogen) atoms. The van der Waals surface area contributed by atoms with Crippen LogP contribution < -0.4 is 10.9 Å². The molecule has 1 aromatic heterocycles. The van der Waals surface area contributed by atoms with Crippen molar-refractivity contribution in [3.63, 3.8) is 0 Å². The Morgan fingerprint density at radius 3 is 2.44 bits per heavy atom. The zero-order valence-electron chi connectivity index (χ0n) is 13.8. The molecule has 0 radical (unpaired) electrons. The van der Waals surface area contributed by atoms with E-state index in [4.69, 9.17) is 0 Å². The zero-order chi connectivity index (χ0) is 18.6. The van der Waals surface area contributed by atoms with Crippen LogP contribution in [0.15, 0.2) is 41.5 Å². The second kappa shape index (κ2) is 7.50. The van der Waals surface area contributed by atoms with E-state index in [1.54, 1.807) is 0 Å². The predicted molar refractivity (Wildman–Crippen MR) is 86.8 cm³/mol. The van der Waals surface area contributed by atoms with Gasteiger partial charge in [0.15, 0.2) is 0 Å². The molecule has 5 nitrogen and oxygen atoms in total. The second-order valence-corrected chi connectivity index (χ2v) is 5.69. The summed E-state index contributed by atoms with van der Waals surface area (Å²) in [6, 6.07) is 5.57. The highest BCUT2D eigenvalue weighted by Gasteiger charge is 2.30. The largest absolute Gasteiger partial charge is 0.416 e. The summed E-state index contributed by atoms with van der Waals surface area (Å²) in [7, 11) is 0. The molecule has 0 aliphatic rings. The average molecular weight is 353 g/mol. The molecule has 0 aliphatic heterocycles. The Labute approximate surface area is 142 Å². The molecule has 1 atom stereocenters. The number of carbonyl (C=O) groups excluding carboxylic acids is 1. The van der Waals surface area contributed by atoms with Gasteiger partial charge in [-0.3, -0.25) is 14.2 Å². The third-order valence-electron chi connectivity index (χ3n) is 3.72. The third kappa shape index (κ3) is 4.91. The van der Waals surface area contributed by atoms with Crippen LogP contribution in [-0.2, 0) is 17.5 Å². The Balaban J connectivity index is 2.16. The molecule has 1 amide bonds. The molecule has 0 spiro atoms. The maximum absolute atomic E-state index is 12.6. The Kier molecular flexibility index (Phi) is 5.61. The molecule has 1 heterocycles. The molecule has 1 unspecified atom stereocenters. The minimum absolute atomic E-state index is 0.00239. The van der Waals surface area contributed by atoms with Crippen molar-refractivity contribution in [1.82, 2.24) is 14.9 Å². The SMILES string of the molecule is CCC(C)NC(=O)Cn1cnc(-c2ccc(C(F)(F)F)cc2)cc1=O. The number of aromatic nitrogens is 2. The summed E-state index contributed by atoms with van der Waals surface area (Å²) < 4.78 is 38.9. The van der Waals surface area contributed by atoms with E-state index in [2.05, 4.69) is 10.3 Å². The first kappa shape index (κ1) is 18.7. The summed E-state index contributed by atoms with van der Waals surface area (Å²) in [6.07, 6.45) is -2.43. The lowest BCUT2D eigenvalue weighted by Gasteiger charge is -2.12. The van der Waals surface area contributed by atoms with E-state index >= 15 is 0 Å². The summed E-state index contributed by atoms with van der Waals surface area (Å²) in [5.41, 5.74) is -0.589. The molecule has 8 heteroatoms. The van der Waals surface area contributed by atoms with E-state index in [1.165, 1.54) is 24.5 Å². The fraction of sp³-hybridized carbons (Fsp3) is 0.353. The van der Waals surface area contributed by atoms with E-state index in [1.807, 2.05) is 13.8 Å². The highest BCUT2D eigenvalue weighted by molar-refractivity contribution is 5.76. The van der Waals surface area contributed by atoms with Gasteiger partial charge in [-0.15, -0.1) is 0 Å². The summed E-state index contributed by atoms with van der Waals surface area (Å²) in [5.74, 6) is -0.305. The van der Waals surface area contributed by atoms with Crippen LogP contribution in [0, 0.1) is 0 Å². The lowest BCUT2D eigenvalue weighted by Crippen LogP contribution is -2.37. The molecule has 1 N–H and O–H groups in total. The zero-order valence-corrected chi connectivity index (χ0v) is 13.8. The molecule has 1 aromatic carbocycles. The number of nitrogens with zero attached hydrogens (tertiary/aromatic N) is 2. The monoisotopic (exact) mass is 353 g/mol. The summed E-state index contributed by atoms with van der Waals surface area (Å²) in [5, 5.41) is 2.74. The third-order valence-corrected chi connectivity index (χ3v) is 3.72. The van der Waals surface area contributed by atoms with E-state index < -0.39 is 17.3 Å². The molecule has 0 saturated heterocycles. The smallest absolute Gasteiger partial charge is 0.352 e. The Morgan fingerprint density at radius 2 is 1.92 bits per heavy atom. The van der Waals surface area contributed by atoms with Gasteiger partial charge < -0.3 is 5.32 Å². The van der Waals surface area contributed by atoms with Crippen molar-refractivity contribution in [1.29, 1.82) is 0 Å². The lowest BCUT2D eigenvalue weighted by atomic mass is 10.1. The molecule has 2 aromatic rings. The van der Waals surface area contributed by atoms with Gasteiger partial charge in [0.25, 0.3) is 5.56 Å². The van der Waals surface area contributed by atoms with E-state index in [9.17, 15) is 22.8 Å². The summed E-state index contributed by atoms with van der Waals surface area (Å²) in [6.45, 7) is 3.62. The molecular formula is C17H18F3N3O2. The number of hydrogen-bond acceptors (Lipinski definition) is 3. The van der Waals surface area contributed by atoms with Crippen LogP contribution in [0.25, 0.3) is 11.3 Å². The number of rotatable bonds is 5. The highest BCUT2D eigenvalue weighted by Crippen LogP contribution is 2.30. The topological polar surface area (TPSA) is 64.0 Å². The Bertz CT molecular complexity index is 798. The Hall–Kier alpha value is -2.64. The summed E-state index contributed by atoms with van der Waals surface area (Å²) >= 11 is 0. The molecule has 0 aliphatic carbocycles. The van der Waals surface area contributed by atoms with Crippen molar-refractivity contribution in [2.24, 2.45) is 0 Å². The van der Waals surface area contributed by atoms with Crippen LogP contribution in [0.4, 0.5) is 13.2 Å². The number of benzene rings is 1. The maximum Gasteiger partial charge on any atom is 0.416 e. The first-order valence-electron chi connectivity index (χ1n) is 7.74. The standard InChI is InChI=1S/C17H18F3N3O2/c1-3-11(2)22-15(24)9-23-10-21-14(8-16(23)25)12-4-6-13(7-5-12)17(18,19)20/h4-8,10-11H,3,9H2,1-2H3,(H,22,24).